The van der Waals surface area contributed by atoms with E-state index in [1.807, 2.05) is 18.3 Å². The van der Waals surface area contributed by atoms with Crippen LogP contribution in [0.5, 0.6) is 0 Å². The molecule has 1 aromatic heterocycles. The van der Waals surface area contributed by atoms with E-state index in [2.05, 4.69) is 14.9 Å². The summed E-state index contributed by atoms with van der Waals surface area (Å²) >= 11 is 1.74. The molecule has 0 spiro atoms. The van der Waals surface area contributed by atoms with Crippen LogP contribution in [0.15, 0.2) is 53.8 Å². The second-order valence-corrected chi connectivity index (χ2v) is 5.50. The summed E-state index contributed by atoms with van der Waals surface area (Å²) in [6.45, 7) is 1.51. The van der Waals surface area contributed by atoms with E-state index in [4.69, 9.17) is 0 Å². The molecule has 0 N–H and O–H groups in total. The van der Waals surface area contributed by atoms with Crippen LogP contribution in [0.1, 0.15) is 5.56 Å². The van der Waals surface area contributed by atoms with E-state index < -0.39 is 0 Å². The van der Waals surface area contributed by atoms with Crippen molar-refractivity contribution in [3.63, 3.8) is 0 Å². The zero-order chi connectivity index (χ0) is 13.8. The molecule has 0 aliphatic carbocycles. The maximum Gasteiger partial charge on any atom is 0.164 e. The maximum absolute atomic E-state index is 13.0. The molecular weight excluding hydrogens is 273 g/mol. The molecule has 5 heteroatoms. The van der Waals surface area contributed by atoms with Crippen LogP contribution in [-0.2, 0) is 6.54 Å². The van der Waals surface area contributed by atoms with Crippen LogP contribution < -0.4 is 4.90 Å². The number of hydrogen-bond donors (Lipinski definition) is 0. The number of rotatable bonds is 3. The van der Waals surface area contributed by atoms with Gasteiger partial charge in [-0.1, -0.05) is 23.9 Å². The Hall–Kier alpha value is -1.88. The number of aromatic nitrogens is 1. The lowest BCUT2D eigenvalue weighted by atomic mass is 10.2. The first-order valence-electron chi connectivity index (χ1n) is 6.42. The van der Waals surface area contributed by atoms with Gasteiger partial charge >= 0.3 is 0 Å². The highest BCUT2D eigenvalue weighted by Crippen LogP contribution is 2.24. The van der Waals surface area contributed by atoms with Gasteiger partial charge < -0.3 is 4.90 Å². The molecule has 2 aromatic rings. The predicted molar refractivity (Wildman–Crippen MR) is 81.6 cm³/mol. The van der Waals surface area contributed by atoms with Gasteiger partial charge in [0.1, 0.15) is 5.82 Å². The third-order valence-electron chi connectivity index (χ3n) is 3.01. The van der Waals surface area contributed by atoms with E-state index in [0.29, 0.717) is 6.54 Å². The van der Waals surface area contributed by atoms with Gasteiger partial charge in [-0.3, -0.25) is 9.98 Å². The standard InChI is InChI=1S/C15H14FN3S/c16-13-5-3-12(4-6-13)11-19(15-18-8-9-20-15)14-2-1-7-17-10-14/h1-7,10H,8-9,11H2. The highest BCUT2D eigenvalue weighted by molar-refractivity contribution is 8.14. The zero-order valence-corrected chi connectivity index (χ0v) is 11.7. The molecule has 102 valence electrons. The fraction of sp³-hybridized carbons (Fsp3) is 0.200. The summed E-state index contributed by atoms with van der Waals surface area (Å²) in [5.41, 5.74) is 2.05. The van der Waals surface area contributed by atoms with Gasteiger partial charge in [0.05, 0.1) is 25.0 Å². The molecule has 0 fully saturated rings. The Kier molecular flexibility index (Phi) is 3.97. The molecule has 3 nitrogen and oxygen atoms in total. The molecular formula is C15H14FN3S. The number of halogens is 1. The molecule has 0 amide bonds. The van der Waals surface area contributed by atoms with E-state index in [1.54, 1.807) is 30.1 Å². The van der Waals surface area contributed by atoms with Crippen molar-refractivity contribution >= 4 is 22.6 Å². The minimum Gasteiger partial charge on any atom is -0.315 e. The summed E-state index contributed by atoms with van der Waals surface area (Å²) < 4.78 is 13.0. The summed E-state index contributed by atoms with van der Waals surface area (Å²) in [6, 6.07) is 10.5. The van der Waals surface area contributed by atoms with Crippen LogP contribution >= 0.6 is 11.8 Å². The molecule has 0 radical (unpaired) electrons. The number of hydrogen-bond acceptors (Lipinski definition) is 4. The van der Waals surface area contributed by atoms with E-state index >= 15 is 0 Å². The van der Waals surface area contributed by atoms with Crippen molar-refractivity contribution in [2.75, 3.05) is 17.2 Å². The quantitative estimate of drug-likeness (QED) is 0.867. The SMILES string of the molecule is Fc1ccc(CN(C2=NCCS2)c2cccnc2)cc1. The Morgan fingerprint density at radius 2 is 2.05 bits per heavy atom. The van der Waals surface area contributed by atoms with Gasteiger partial charge in [-0.05, 0) is 29.8 Å². The van der Waals surface area contributed by atoms with E-state index in [0.717, 1.165) is 28.7 Å². The fourth-order valence-electron chi connectivity index (χ4n) is 2.04. The van der Waals surface area contributed by atoms with Gasteiger partial charge in [0, 0.05) is 11.9 Å². The minimum atomic E-state index is -0.214. The minimum absolute atomic E-state index is 0.214. The number of thioether (sulfide) groups is 1. The van der Waals surface area contributed by atoms with Crippen molar-refractivity contribution in [2.45, 2.75) is 6.54 Å². The molecule has 0 atom stereocenters. The first kappa shape index (κ1) is 13.1. The lowest BCUT2D eigenvalue weighted by molar-refractivity contribution is 0.627. The summed E-state index contributed by atoms with van der Waals surface area (Å²) in [5.74, 6) is 0.796. The first-order chi connectivity index (χ1) is 9.83. The summed E-state index contributed by atoms with van der Waals surface area (Å²) in [7, 11) is 0. The second-order valence-electron chi connectivity index (χ2n) is 4.44. The largest absolute Gasteiger partial charge is 0.315 e. The Bertz CT molecular complexity index is 598. The zero-order valence-electron chi connectivity index (χ0n) is 10.9. The molecule has 1 aliphatic rings. The number of pyridine rings is 1. The molecule has 1 aliphatic heterocycles. The van der Waals surface area contributed by atoms with Gasteiger partial charge in [-0.15, -0.1) is 0 Å². The number of anilines is 1. The third-order valence-corrected chi connectivity index (χ3v) is 4.01. The summed E-state index contributed by atoms with van der Waals surface area (Å²) in [6.07, 6.45) is 3.58. The normalized spacial score (nSPS) is 14.2. The number of amidine groups is 1. The van der Waals surface area contributed by atoms with Crippen molar-refractivity contribution in [3.05, 3.63) is 60.2 Å². The molecule has 1 aromatic carbocycles. The van der Waals surface area contributed by atoms with Crippen LogP contribution in [-0.4, -0.2) is 22.4 Å². The smallest absolute Gasteiger partial charge is 0.164 e. The van der Waals surface area contributed by atoms with Crippen molar-refractivity contribution in [3.8, 4) is 0 Å². The van der Waals surface area contributed by atoms with E-state index in [-0.39, 0.29) is 5.82 Å². The average molecular weight is 287 g/mol. The van der Waals surface area contributed by atoms with Crippen molar-refractivity contribution in [1.82, 2.24) is 4.98 Å². The Morgan fingerprint density at radius 1 is 1.20 bits per heavy atom. The molecule has 0 unspecified atom stereocenters. The van der Waals surface area contributed by atoms with Crippen LogP contribution in [0.2, 0.25) is 0 Å². The molecule has 0 bridgehead atoms. The highest BCUT2D eigenvalue weighted by atomic mass is 32.2. The van der Waals surface area contributed by atoms with E-state index in [9.17, 15) is 4.39 Å². The first-order valence-corrected chi connectivity index (χ1v) is 7.41. The Labute approximate surface area is 121 Å². The summed E-state index contributed by atoms with van der Waals surface area (Å²) in [5, 5.41) is 1.00. The van der Waals surface area contributed by atoms with E-state index in [1.165, 1.54) is 12.1 Å². The van der Waals surface area contributed by atoms with Gasteiger partial charge in [0.2, 0.25) is 0 Å². The van der Waals surface area contributed by atoms with Gasteiger partial charge in [0.15, 0.2) is 5.17 Å². The Balaban J connectivity index is 1.88. The maximum atomic E-state index is 13.0. The number of aliphatic imine (C=N–C) groups is 1. The topological polar surface area (TPSA) is 28.5 Å². The highest BCUT2D eigenvalue weighted by Gasteiger charge is 2.18. The van der Waals surface area contributed by atoms with Crippen molar-refractivity contribution < 1.29 is 4.39 Å². The fourth-order valence-corrected chi connectivity index (χ4v) is 2.92. The lowest BCUT2D eigenvalue weighted by Gasteiger charge is -2.23. The van der Waals surface area contributed by atoms with Gasteiger partial charge in [0.25, 0.3) is 0 Å². The molecule has 20 heavy (non-hydrogen) atoms. The van der Waals surface area contributed by atoms with Crippen molar-refractivity contribution in [2.24, 2.45) is 4.99 Å². The van der Waals surface area contributed by atoms with Crippen LogP contribution in [0, 0.1) is 5.82 Å². The number of benzene rings is 1. The van der Waals surface area contributed by atoms with Crippen LogP contribution in [0.4, 0.5) is 10.1 Å². The van der Waals surface area contributed by atoms with Gasteiger partial charge in [-0.25, -0.2) is 4.39 Å². The lowest BCUT2D eigenvalue weighted by Crippen LogP contribution is -2.27. The third kappa shape index (κ3) is 2.99. The van der Waals surface area contributed by atoms with Crippen LogP contribution in [0.25, 0.3) is 0 Å². The Morgan fingerprint density at radius 3 is 2.70 bits per heavy atom. The monoisotopic (exact) mass is 287 g/mol. The second kappa shape index (κ2) is 6.05. The number of nitrogens with zero attached hydrogens (tertiary/aromatic N) is 3. The van der Waals surface area contributed by atoms with Crippen molar-refractivity contribution in [1.29, 1.82) is 0 Å². The molecule has 2 heterocycles. The molecule has 3 rings (SSSR count). The molecule has 0 saturated carbocycles. The van der Waals surface area contributed by atoms with Crippen LogP contribution in [0.3, 0.4) is 0 Å². The predicted octanol–water partition coefficient (Wildman–Crippen LogP) is 3.33. The average Bonchev–Trinajstić information content (AvgIpc) is 3.01. The molecule has 0 saturated heterocycles. The van der Waals surface area contributed by atoms with Gasteiger partial charge in [-0.2, -0.15) is 0 Å². The summed E-state index contributed by atoms with van der Waals surface area (Å²) in [4.78, 5) is 10.8.